The maximum Gasteiger partial charge on any atom is 0.0977 e. The van der Waals surface area contributed by atoms with Crippen LogP contribution in [0.25, 0.3) is 0 Å². The molecule has 1 aliphatic rings. The maximum atomic E-state index is 12.2. The van der Waals surface area contributed by atoms with E-state index in [1.54, 1.807) is 0 Å². The summed E-state index contributed by atoms with van der Waals surface area (Å²) in [6.45, 7) is 6.51. The number of aliphatic hydroxyl groups is 1. The second kappa shape index (κ2) is 10.8. The first kappa shape index (κ1) is 21.0. The van der Waals surface area contributed by atoms with Gasteiger partial charge in [0.25, 0.3) is 0 Å². The quantitative estimate of drug-likeness (QED) is 0.590. The molecule has 0 bridgehead atoms. The molecule has 3 nitrogen and oxygen atoms in total. The van der Waals surface area contributed by atoms with Crippen LogP contribution in [-0.4, -0.2) is 42.9 Å². The Bertz CT molecular complexity index is 669. The van der Waals surface area contributed by atoms with Crippen LogP contribution in [0, 0.1) is 0 Å². The number of ether oxygens (including phenoxy) is 1. The fourth-order valence-corrected chi connectivity index (χ4v) is 4.33. The lowest BCUT2D eigenvalue weighted by Crippen LogP contribution is -2.45. The Balaban J connectivity index is 1.92. The Kier molecular flexibility index (Phi) is 8.08. The predicted octanol–water partition coefficient (Wildman–Crippen LogP) is 4.96. The molecule has 0 aliphatic carbocycles. The van der Waals surface area contributed by atoms with Crippen LogP contribution in [0.4, 0.5) is 0 Å². The molecular weight excluding hydrogens is 346 g/mol. The van der Waals surface area contributed by atoms with Crippen molar-refractivity contribution < 1.29 is 9.84 Å². The third-order valence-electron chi connectivity index (χ3n) is 6.01. The zero-order chi connectivity index (χ0) is 19.7. The maximum absolute atomic E-state index is 12.2. The van der Waals surface area contributed by atoms with E-state index < -0.39 is 5.60 Å². The van der Waals surface area contributed by atoms with Crippen molar-refractivity contribution >= 4 is 0 Å². The average molecular weight is 382 g/mol. The van der Waals surface area contributed by atoms with Crippen molar-refractivity contribution in [2.24, 2.45) is 0 Å². The molecule has 1 N–H and O–H groups in total. The average Bonchev–Trinajstić information content (AvgIpc) is 2.77. The number of benzene rings is 2. The van der Waals surface area contributed by atoms with Gasteiger partial charge in [-0.25, -0.2) is 0 Å². The molecule has 0 amide bonds. The molecule has 1 heterocycles. The molecule has 0 saturated carbocycles. The summed E-state index contributed by atoms with van der Waals surface area (Å²) in [7, 11) is 0. The molecule has 2 aromatic carbocycles. The highest BCUT2D eigenvalue weighted by atomic mass is 16.5. The van der Waals surface area contributed by atoms with Crippen molar-refractivity contribution in [3.63, 3.8) is 0 Å². The van der Waals surface area contributed by atoms with E-state index in [9.17, 15) is 5.11 Å². The molecule has 0 aromatic heterocycles. The lowest BCUT2D eigenvalue weighted by atomic mass is 9.74. The number of hydrogen-bond donors (Lipinski definition) is 1. The van der Waals surface area contributed by atoms with E-state index >= 15 is 0 Å². The molecule has 3 rings (SSSR count). The van der Waals surface area contributed by atoms with Crippen LogP contribution >= 0.6 is 0 Å². The minimum Gasteiger partial charge on any atom is -0.384 e. The van der Waals surface area contributed by atoms with Gasteiger partial charge in [-0.2, -0.15) is 0 Å². The largest absolute Gasteiger partial charge is 0.384 e. The summed E-state index contributed by atoms with van der Waals surface area (Å²) < 4.78 is 5.54. The summed E-state index contributed by atoms with van der Waals surface area (Å²) in [6.07, 6.45) is 5.45. The first-order valence-electron chi connectivity index (χ1n) is 10.9. The summed E-state index contributed by atoms with van der Waals surface area (Å²) >= 11 is 0. The minimum atomic E-state index is -0.866. The van der Waals surface area contributed by atoms with E-state index in [0.29, 0.717) is 0 Å². The smallest absolute Gasteiger partial charge is 0.0977 e. The molecule has 0 unspecified atom stereocenters. The summed E-state index contributed by atoms with van der Waals surface area (Å²) in [5.41, 5.74) is 1.39. The van der Waals surface area contributed by atoms with Gasteiger partial charge in [-0.05, 0) is 17.5 Å². The van der Waals surface area contributed by atoms with Crippen LogP contribution in [0.2, 0.25) is 0 Å². The highest BCUT2D eigenvalue weighted by Crippen LogP contribution is 2.41. The van der Waals surface area contributed by atoms with Gasteiger partial charge in [0.15, 0.2) is 0 Å². The summed E-state index contributed by atoms with van der Waals surface area (Å²) in [5.74, 6) is 0.0378. The van der Waals surface area contributed by atoms with E-state index in [0.717, 1.165) is 51.3 Å². The highest BCUT2D eigenvalue weighted by Gasteiger charge is 2.39. The van der Waals surface area contributed by atoms with Gasteiger partial charge in [0.05, 0.1) is 18.8 Å². The normalized spacial score (nSPS) is 18.5. The van der Waals surface area contributed by atoms with Crippen LogP contribution in [0.5, 0.6) is 0 Å². The van der Waals surface area contributed by atoms with Gasteiger partial charge in [0, 0.05) is 25.6 Å². The molecule has 1 saturated heterocycles. The zero-order valence-electron chi connectivity index (χ0n) is 17.2. The van der Waals surface area contributed by atoms with Crippen molar-refractivity contribution in [1.82, 2.24) is 4.90 Å². The van der Waals surface area contributed by atoms with Crippen molar-refractivity contribution in [1.29, 1.82) is 0 Å². The molecule has 3 heteroatoms. The summed E-state index contributed by atoms with van der Waals surface area (Å²) in [6, 6.07) is 20.9. The van der Waals surface area contributed by atoms with Gasteiger partial charge < -0.3 is 9.84 Å². The number of morpholine rings is 1. The lowest BCUT2D eigenvalue weighted by molar-refractivity contribution is -0.0296. The zero-order valence-corrected chi connectivity index (χ0v) is 17.2. The Morgan fingerprint density at radius 2 is 1.57 bits per heavy atom. The van der Waals surface area contributed by atoms with E-state index in [2.05, 4.69) is 54.3 Å². The first-order valence-corrected chi connectivity index (χ1v) is 10.9. The van der Waals surface area contributed by atoms with Crippen LogP contribution in [-0.2, 0) is 10.3 Å². The topological polar surface area (TPSA) is 32.7 Å². The first-order chi connectivity index (χ1) is 13.7. The van der Waals surface area contributed by atoms with Gasteiger partial charge in [-0.3, -0.25) is 4.90 Å². The molecular formula is C25H35NO2. The number of nitrogens with zero attached hydrogens (tertiary/aromatic N) is 1. The van der Waals surface area contributed by atoms with Gasteiger partial charge >= 0.3 is 0 Å². The number of rotatable bonds is 10. The second-order valence-corrected chi connectivity index (χ2v) is 7.98. The molecule has 0 spiro atoms. The van der Waals surface area contributed by atoms with E-state index in [1.165, 1.54) is 24.8 Å². The van der Waals surface area contributed by atoms with Gasteiger partial charge in [0.1, 0.15) is 0 Å². The SMILES string of the molecule is CCCCCC[C@](O)(c1ccccc1)[C@H](CN1CCOCC1)c1ccccc1. The predicted molar refractivity (Wildman–Crippen MR) is 116 cm³/mol. The molecule has 28 heavy (non-hydrogen) atoms. The van der Waals surface area contributed by atoms with Gasteiger partial charge in [0.2, 0.25) is 0 Å². The number of hydrogen-bond acceptors (Lipinski definition) is 3. The van der Waals surface area contributed by atoms with E-state index in [1.807, 2.05) is 18.2 Å². The van der Waals surface area contributed by atoms with Crippen molar-refractivity contribution in [2.45, 2.75) is 50.5 Å². The third-order valence-corrected chi connectivity index (χ3v) is 6.01. The molecule has 0 radical (unpaired) electrons. The summed E-state index contributed by atoms with van der Waals surface area (Å²) in [4.78, 5) is 2.45. The molecule has 2 atom stereocenters. The van der Waals surface area contributed by atoms with Gasteiger partial charge in [-0.15, -0.1) is 0 Å². The fourth-order valence-electron chi connectivity index (χ4n) is 4.33. The van der Waals surface area contributed by atoms with Gasteiger partial charge in [-0.1, -0.05) is 93.3 Å². The van der Waals surface area contributed by atoms with E-state index in [4.69, 9.17) is 4.74 Å². The van der Waals surface area contributed by atoms with Crippen LogP contribution in [0.15, 0.2) is 60.7 Å². The van der Waals surface area contributed by atoms with Crippen LogP contribution in [0.3, 0.4) is 0 Å². The highest BCUT2D eigenvalue weighted by molar-refractivity contribution is 5.31. The Hall–Kier alpha value is -1.68. The number of unbranched alkanes of at least 4 members (excludes halogenated alkanes) is 3. The Morgan fingerprint density at radius 3 is 2.21 bits per heavy atom. The lowest BCUT2D eigenvalue weighted by Gasteiger charge is -2.41. The minimum absolute atomic E-state index is 0.0378. The van der Waals surface area contributed by atoms with Crippen molar-refractivity contribution in [3.8, 4) is 0 Å². The Labute approximate surface area is 170 Å². The Morgan fingerprint density at radius 1 is 0.929 bits per heavy atom. The monoisotopic (exact) mass is 381 g/mol. The van der Waals surface area contributed by atoms with Crippen molar-refractivity contribution in [3.05, 3.63) is 71.8 Å². The van der Waals surface area contributed by atoms with Crippen LogP contribution < -0.4 is 0 Å². The molecule has 152 valence electrons. The second-order valence-electron chi connectivity index (χ2n) is 7.98. The molecule has 1 aliphatic heterocycles. The third kappa shape index (κ3) is 5.44. The van der Waals surface area contributed by atoms with Crippen molar-refractivity contribution in [2.75, 3.05) is 32.8 Å². The van der Waals surface area contributed by atoms with E-state index in [-0.39, 0.29) is 5.92 Å². The standard InChI is InChI=1S/C25H35NO2/c1-2-3-4-11-16-25(27,23-14-9-6-10-15-23)24(22-12-7-5-8-13-22)21-26-17-19-28-20-18-26/h5-10,12-15,24,27H,2-4,11,16-21H2,1H3/t24-,25+/m1/s1. The summed E-state index contributed by atoms with van der Waals surface area (Å²) in [5, 5.41) is 12.2. The molecule has 1 fully saturated rings. The fraction of sp³-hybridized carbons (Fsp3) is 0.520. The van der Waals surface area contributed by atoms with Crippen LogP contribution in [0.1, 0.15) is 56.1 Å². The molecule has 2 aromatic rings.